The number of nitrogens with two attached hydrogens (primary N) is 1. The van der Waals surface area contributed by atoms with Crippen LogP contribution in [0.5, 0.6) is 0 Å². The van der Waals surface area contributed by atoms with Crippen LogP contribution in [0.15, 0.2) is 66.2 Å². The summed E-state index contributed by atoms with van der Waals surface area (Å²) in [4.78, 5) is 28.4. The quantitative estimate of drug-likeness (QED) is 0.384. The van der Waals surface area contributed by atoms with Crippen LogP contribution in [0.3, 0.4) is 0 Å². The van der Waals surface area contributed by atoms with Crippen LogP contribution >= 0.6 is 11.3 Å². The van der Waals surface area contributed by atoms with Gasteiger partial charge in [-0.2, -0.15) is 0 Å². The van der Waals surface area contributed by atoms with E-state index in [0.29, 0.717) is 17.1 Å². The molecule has 0 fully saturated rings. The van der Waals surface area contributed by atoms with Gasteiger partial charge in [0.05, 0.1) is 0 Å². The number of amides is 2. The SMILES string of the molecule is CNC(=O)C=Cc1cnc(N)c2c(-c3ccc(NC(=O)c4cccc(C)c4)cc3)csc12. The lowest BCUT2D eigenvalue weighted by Crippen LogP contribution is -2.13. The molecule has 0 radical (unpaired) electrons. The molecule has 2 aromatic carbocycles. The molecule has 0 saturated heterocycles. The minimum atomic E-state index is -0.185. The highest BCUT2D eigenvalue weighted by molar-refractivity contribution is 7.18. The van der Waals surface area contributed by atoms with Crippen molar-refractivity contribution in [3.8, 4) is 11.1 Å². The van der Waals surface area contributed by atoms with E-state index < -0.39 is 0 Å². The first-order valence-corrected chi connectivity index (χ1v) is 10.9. The normalized spacial score (nSPS) is 11.1. The number of likely N-dealkylation sites (N-methyl/N-ethyl adjacent to an activating group) is 1. The van der Waals surface area contributed by atoms with Crippen LogP contribution < -0.4 is 16.4 Å². The summed E-state index contributed by atoms with van der Waals surface area (Å²) in [6.45, 7) is 1.96. The molecule has 2 heterocycles. The Bertz CT molecular complexity index is 1340. The fourth-order valence-electron chi connectivity index (χ4n) is 3.39. The van der Waals surface area contributed by atoms with Gasteiger partial charge in [-0.05, 0) is 48.2 Å². The molecule has 4 aromatic rings. The number of rotatable bonds is 5. The maximum Gasteiger partial charge on any atom is 0.255 e. The van der Waals surface area contributed by atoms with Crippen LogP contribution in [0.25, 0.3) is 27.3 Å². The minimum Gasteiger partial charge on any atom is -0.383 e. The Morgan fingerprint density at radius 2 is 1.91 bits per heavy atom. The second-order valence-electron chi connectivity index (χ2n) is 7.30. The second kappa shape index (κ2) is 9.03. The van der Waals surface area contributed by atoms with Crippen molar-refractivity contribution in [3.05, 3.63) is 82.9 Å². The monoisotopic (exact) mass is 442 g/mol. The fraction of sp³-hybridized carbons (Fsp3) is 0.0800. The van der Waals surface area contributed by atoms with Crippen LogP contribution in [0.4, 0.5) is 11.5 Å². The third-order valence-electron chi connectivity index (χ3n) is 5.05. The smallest absolute Gasteiger partial charge is 0.255 e. The number of benzene rings is 2. The molecule has 2 amide bonds. The highest BCUT2D eigenvalue weighted by Gasteiger charge is 2.14. The number of carbonyl (C=O) groups excluding carboxylic acids is 2. The Hall–Kier alpha value is -3.97. The molecule has 2 aromatic heterocycles. The summed E-state index contributed by atoms with van der Waals surface area (Å²) in [6, 6.07) is 15.1. The zero-order valence-electron chi connectivity index (χ0n) is 17.7. The van der Waals surface area contributed by atoms with Crippen molar-refractivity contribution in [1.29, 1.82) is 0 Å². The minimum absolute atomic E-state index is 0.150. The first kappa shape index (κ1) is 21.3. The third-order valence-corrected chi connectivity index (χ3v) is 6.08. The number of hydrogen-bond acceptors (Lipinski definition) is 5. The van der Waals surface area contributed by atoms with E-state index in [1.165, 1.54) is 6.08 Å². The number of aryl methyl sites for hydroxylation is 1. The molecule has 32 heavy (non-hydrogen) atoms. The van der Waals surface area contributed by atoms with E-state index in [1.54, 1.807) is 36.7 Å². The number of fused-ring (bicyclic) bond motifs is 1. The summed E-state index contributed by atoms with van der Waals surface area (Å²) in [7, 11) is 1.58. The lowest BCUT2D eigenvalue weighted by Gasteiger charge is -2.08. The Morgan fingerprint density at radius 1 is 1.12 bits per heavy atom. The first-order chi connectivity index (χ1) is 15.5. The van der Waals surface area contributed by atoms with E-state index in [-0.39, 0.29) is 11.8 Å². The zero-order valence-corrected chi connectivity index (χ0v) is 18.5. The number of nitrogens with one attached hydrogen (secondary N) is 2. The van der Waals surface area contributed by atoms with Crippen molar-refractivity contribution in [1.82, 2.24) is 10.3 Å². The fourth-order valence-corrected chi connectivity index (χ4v) is 4.47. The molecule has 0 atom stereocenters. The molecule has 0 aliphatic heterocycles. The Labute approximate surface area is 189 Å². The van der Waals surface area contributed by atoms with Crippen molar-refractivity contribution in [2.24, 2.45) is 0 Å². The molecule has 160 valence electrons. The van der Waals surface area contributed by atoms with Gasteiger partial charge >= 0.3 is 0 Å². The number of pyridine rings is 1. The van der Waals surface area contributed by atoms with Gasteiger partial charge in [0.2, 0.25) is 5.91 Å². The van der Waals surface area contributed by atoms with Gasteiger partial charge in [0.1, 0.15) is 5.82 Å². The van der Waals surface area contributed by atoms with E-state index >= 15 is 0 Å². The van der Waals surface area contributed by atoms with Gasteiger partial charge in [0.25, 0.3) is 5.91 Å². The summed E-state index contributed by atoms with van der Waals surface area (Å²) in [5, 5.41) is 8.37. The maximum absolute atomic E-state index is 12.5. The van der Waals surface area contributed by atoms with Crippen LogP contribution in [0.2, 0.25) is 0 Å². The number of carbonyl (C=O) groups is 2. The maximum atomic E-state index is 12.5. The number of aromatic nitrogens is 1. The highest BCUT2D eigenvalue weighted by atomic mass is 32.1. The van der Waals surface area contributed by atoms with E-state index in [2.05, 4.69) is 15.6 Å². The average Bonchev–Trinajstić information content (AvgIpc) is 3.25. The van der Waals surface area contributed by atoms with E-state index in [9.17, 15) is 9.59 Å². The van der Waals surface area contributed by atoms with Crippen molar-refractivity contribution in [3.63, 3.8) is 0 Å². The van der Waals surface area contributed by atoms with E-state index in [1.807, 2.05) is 54.8 Å². The number of hydrogen-bond donors (Lipinski definition) is 3. The number of anilines is 2. The Morgan fingerprint density at radius 3 is 2.62 bits per heavy atom. The molecule has 7 heteroatoms. The number of nitrogens with zero attached hydrogens (tertiary/aromatic N) is 1. The summed E-state index contributed by atoms with van der Waals surface area (Å²) in [5.41, 5.74) is 11.3. The predicted molar refractivity (Wildman–Crippen MR) is 132 cm³/mol. The third kappa shape index (κ3) is 4.38. The van der Waals surface area contributed by atoms with Gasteiger partial charge in [0.15, 0.2) is 0 Å². The number of thiophene rings is 1. The summed E-state index contributed by atoms with van der Waals surface area (Å²) >= 11 is 1.55. The van der Waals surface area contributed by atoms with Gasteiger partial charge in [-0.3, -0.25) is 9.59 Å². The summed E-state index contributed by atoms with van der Waals surface area (Å²) in [5.74, 6) is 0.101. The summed E-state index contributed by atoms with van der Waals surface area (Å²) in [6.07, 6.45) is 4.87. The molecule has 6 nitrogen and oxygen atoms in total. The van der Waals surface area contributed by atoms with Gasteiger partial charge in [0, 0.05) is 51.8 Å². The van der Waals surface area contributed by atoms with Crippen molar-refractivity contribution < 1.29 is 9.59 Å². The van der Waals surface area contributed by atoms with Crippen LogP contribution in [-0.4, -0.2) is 23.8 Å². The van der Waals surface area contributed by atoms with E-state index in [0.717, 1.165) is 32.3 Å². The van der Waals surface area contributed by atoms with Gasteiger partial charge in [-0.15, -0.1) is 11.3 Å². The standard InChI is InChI=1S/C25H22N4O2S/c1-15-4-3-5-17(12-15)25(31)29-19-9-6-16(7-10-19)20-14-32-23-18(8-11-21(30)27-2)13-28-24(26)22(20)23/h3-14H,1-2H3,(H2,26,28)(H,27,30)(H,29,31). The first-order valence-electron chi connectivity index (χ1n) is 10.00. The molecule has 0 bridgehead atoms. The lowest BCUT2D eigenvalue weighted by atomic mass is 10.0. The van der Waals surface area contributed by atoms with Crippen LogP contribution in [0.1, 0.15) is 21.5 Å². The molecule has 0 aliphatic carbocycles. The van der Waals surface area contributed by atoms with Gasteiger partial charge in [-0.25, -0.2) is 4.98 Å². The summed E-state index contributed by atoms with van der Waals surface area (Å²) < 4.78 is 0.962. The van der Waals surface area contributed by atoms with Gasteiger partial charge < -0.3 is 16.4 Å². The lowest BCUT2D eigenvalue weighted by molar-refractivity contribution is -0.115. The molecule has 0 unspecified atom stereocenters. The second-order valence-corrected chi connectivity index (χ2v) is 8.18. The molecular weight excluding hydrogens is 420 g/mol. The Kier molecular flexibility index (Phi) is 6.00. The zero-order chi connectivity index (χ0) is 22.7. The van der Waals surface area contributed by atoms with Crippen molar-refractivity contribution in [2.75, 3.05) is 18.1 Å². The average molecular weight is 443 g/mol. The van der Waals surface area contributed by atoms with Gasteiger partial charge in [-0.1, -0.05) is 29.8 Å². The highest BCUT2D eigenvalue weighted by Crippen LogP contribution is 2.39. The molecule has 4 rings (SSSR count). The van der Waals surface area contributed by atoms with Crippen molar-refractivity contribution >= 4 is 50.8 Å². The largest absolute Gasteiger partial charge is 0.383 e. The van der Waals surface area contributed by atoms with Crippen molar-refractivity contribution in [2.45, 2.75) is 6.92 Å². The van der Waals surface area contributed by atoms with Crippen LogP contribution in [0, 0.1) is 6.92 Å². The molecule has 0 saturated carbocycles. The topological polar surface area (TPSA) is 97.1 Å². The molecular formula is C25H22N4O2S. The molecule has 0 spiro atoms. The molecule has 0 aliphatic rings. The number of nitrogen functional groups attached to an aromatic ring is 1. The molecule has 4 N–H and O–H groups in total. The predicted octanol–water partition coefficient (Wildman–Crippen LogP) is 4.87. The van der Waals surface area contributed by atoms with Crippen LogP contribution in [-0.2, 0) is 4.79 Å². The van der Waals surface area contributed by atoms with E-state index in [4.69, 9.17) is 5.73 Å². The Balaban J connectivity index is 1.61.